The summed E-state index contributed by atoms with van der Waals surface area (Å²) in [5.41, 5.74) is 0. The van der Waals surface area contributed by atoms with Gasteiger partial charge < -0.3 is 10.1 Å². The molecule has 2 saturated heterocycles. The van der Waals surface area contributed by atoms with Crippen LogP contribution in [0, 0.1) is 5.92 Å². The Morgan fingerprint density at radius 2 is 1.39 bits per heavy atom. The van der Waals surface area contributed by atoms with Crippen LogP contribution < -0.4 is 5.32 Å². The lowest BCUT2D eigenvalue weighted by Gasteiger charge is -2.39. The molecule has 2 aliphatic rings. The van der Waals surface area contributed by atoms with Crippen LogP contribution >= 0.6 is 0 Å². The van der Waals surface area contributed by atoms with E-state index in [0.29, 0.717) is 23.8 Å². The fourth-order valence-electron chi connectivity index (χ4n) is 4.09. The average molecular weight is 324 g/mol. The van der Waals surface area contributed by atoms with Gasteiger partial charge in [0.1, 0.15) is 5.78 Å². The number of fused-ring (bicyclic) bond motifs is 2. The normalized spacial score (nSPS) is 27.1. The van der Waals surface area contributed by atoms with Gasteiger partial charge in [-0.15, -0.1) is 0 Å². The number of Topliss-reactive ketones (excluding diaryl/α,β-unsaturated/α-hetero) is 1. The summed E-state index contributed by atoms with van der Waals surface area (Å²) in [6, 6.07) is 0.841. The Morgan fingerprint density at radius 3 is 1.96 bits per heavy atom. The zero-order chi connectivity index (χ0) is 16.3. The van der Waals surface area contributed by atoms with Crippen LogP contribution in [0.1, 0.15) is 90.4 Å². The average Bonchev–Trinajstić information content (AvgIpc) is 2.56. The molecule has 2 bridgehead atoms. The molecular weight excluding hydrogens is 286 g/mol. The zero-order valence-corrected chi connectivity index (χ0v) is 15.2. The Hall–Kier alpha value is -0.410. The number of hydrogen-bond acceptors (Lipinski definition) is 3. The summed E-state index contributed by atoms with van der Waals surface area (Å²) in [6.07, 6.45) is 16.1. The molecule has 2 unspecified atom stereocenters. The minimum atomic E-state index is 0.300. The first-order valence-electron chi connectivity index (χ1n) is 10.2. The van der Waals surface area contributed by atoms with E-state index >= 15 is 0 Å². The molecule has 23 heavy (non-hydrogen) atoms. The standard InChI is InChI=1S/C20H37NO2/c1-2-3-4-5-6-7-8-9-10-11-12-20(22)17-13-18-15-23-16-19(14-17)21-18/h17-19,21H,2-16H2,1H3. The molecule has 1 N–H and O–H groups in total. The number of carbonyl (C=O) groups is 1. The summed E-state index contributed by atoms with van der Waals surface area (Å²) in [5.74, 6) is 0.816. The van der Waals surface area contributed by atoms with Crippen molar-refractivity contribution in [2.24, 2.45) is 5.92 Å². The van der Waals surface area contributed by atoms with Crippen LogP contribution in [0.25, 0.3) is 0 Å². The summed E-state index contributed by atoms with van der Waals surface area (Å²) >= 11 is 0. The quantitative estimate of drug-likeness (QED) is 0.532. The number of ketones is 1. The maximum absolute atomic E-state index is 12.4. The van der Waals surface area contributed by atoms with Crippen LogP contribution in [0.15, 0.2) is 0 Å². The van der Waals surface area contributed by atoms with Crippen molar-refractivity contribution in [2.45, 2.75) is 102 Å². The van der Waals surface area contributed by atoms with Gasteiger partial charge in [-0.05, 0) is 19.3 Å². The van der Waals surface area contributed by atoms with Gasteiger partial charge in [-0.2, -0.15) is 0 Å². The Labute approximate surface area is 142 Å². The molecule has 0 radical (unpaired) electrons. The van der Waals surface area contributed by atoms with Gasteiger partial charge in [-0.1, -0.05) is 64.7 Å². The monoisotopic (exact) mass is 323 g/mol. The van der Waals surface area contributed by atoms with E-state index < -0.39 is 0 Å². The highest BCUT2D eigenvalue weighted by Crippen LogP contribution is 2.26. The van der Waals surface area contributed by atoms with Crippen molar-refractivity contribution >= 4 is 5.78 Å². The van der Waals surface area contributed by atoms with Crippen molar-refractivity contribution in [1.82, 2.24) is 5.32 Å². The van der Waals surface area contributed by atoms with Crippen LogP contribution in [0.3, 0.4) is 0 Å². The topological polar surface area (TPSA) is 38.3 Å². The van der Waals surface area contributed by atoms with Crippen LogP contribution in [0.2, 0.25) is 0 Å². The molecule has 0 aromatic carbocycles. The van der Waals surface area contributed by atoms with Crippen LogP contribution in [-0.4, -0.2) is 31.1 Å². The van der Waals surface area contributed by atoms with Gasteiger partial charge in [0.15, 0.2) is 0 Å². The van der Waals surface area contributed by atoms with Crippen LogP contribution in [-0.2, 0) is 9.53 Å². The second-order valence-corrected chi connectivity index (χ2v) is 7.66. The number of hydrogen-bond donors (Lipinski definition) is 1. The fourth-order valence-corrected chi connectivity index (χ4v) is 4.09. The molecule has 2 atom stereocenters. The molecule has 2 fully saturated rings. The van der Waals surface area contributed by atoms with Crippen molar-refractivity contribution in [3.63, 3.8) is 0 Å². The van der Waals surface area contributed by atoms with Crippen molar-refractivity contribution in [2.75, 3.05) is 13.2 Å². The lowest BCUT2D eigenvalue weighted by atomic mass is 9.83. The second-order valence-electron chi connectivity index (χ2n) is 7.66. The van der Waals surface area contributed by atoms with Gasteiger partial charge in [0.05, 0.1) is 13.2 Å². The van der Waals surface area contributed by atoms with E-state index in [2.05, 4.69) is 12.2 Å². The SMILES string of the molecule is CCCCCCCCCCCCC(=O)C1CC2COCC(C1)N2. The molecule has 0 spiro atoms. The van der Waals surface area contributed by atoms with E-state index in [9.17, 15) is 4.79 Å². The third kappa shape index (κ3) is 7.34. The molecule has 2 aliphatic heterocycles. The fraction of sp³-hybridized carbons (Fsp3) is 0.950. The Morgan fingerprint density at radius 1 is 0.870 bits per heavy atom. The predicted octanol–water partition coefficient (Wildman–Crippen LogP) is 4.63. The molecule has 0 aliphatic carbocycles. The zero-order valence-electron chi connectivity index (χ0n) is 15.2. The number of unbranched alkanes of at least 4 members (excludes halogenated alkanes) is 9. The highest BCUT2D eigenvalue weighted by Gasteiger charge is 2.34. The lowest BCUT2D eigenvalue weighted by Crippen LogP contribution is -2.55. The molecule has 0 saturated carbocycles. The third-order valence-corrected chi connectivity index (χ3v) is 5.48. The Bertz CT molecular complexity index is 320. The Kier molecular flexibility index (Phi) is 9.21. The lowest BCUT2D eigenvalue weighted by molar-refractivity contribution is -0.126. The van der Waals surface area contributed by atoms with E-state index in [-0.39, 0.29) is 0 Å². The first-order chi connectivity index (χ1) is 11.3. The molecular formula is C20H37NO2. The minimum Gasteiger partial charge on any atom is -0.378 e. The van der Waals surface area contributed by atoms with Gasteiger partial charge in [0.25, 0.3) is 0 Å². The van der Waals surface area contributed by atoms with Gasteiger partial charge in [0, 0.05) is 24.4 Å². The summed E-state index contributed by atoms with van der Waals surface area (Å²) in [5, 5.41) is 3.57. The number of nitrogens with one attached hydrogen (secondary N) is 1. The highest BCUT2D eigenvalue weighted by molar-refractivity contribution is 5.81. The predicted molar refractivity (Wildman–Crippen MR) is 95.7 cm³/mol. The van der Waals surface area contributed by atoms with E-state index in [0.717, 1.165) is 38.9 Å². The molecule has 2 heterocycles. The number of ether oxygens (including phenoxy) is 1. The maximum atomic E-state index is 12.4. The number of morpholine rings is 1. The van der Waals surface area contributed by atoms with Crippen molar-refractivity contribution < 1.29 is 9.53 Å². The molecule has 3 nitrogen and oxygen atoms in total. The third-order valence-electron chi connectivity index (χ3n) is 5.48. The smallest absolute Gasteiger partial charge is 0.136 e. The summed E-state index contributed by atoms with van der Waals surface area (Å²) in [4.78, 5) is 12.4. The van der Waals surface area contributed by atoms with Crippen molar-refractivity contribution in [3.05, 3.63) is 0 Å². The summed E-state index contributed by atoms with van der Waals surface area (Å²) in [7, 11) is 0. The van der Waals surface area contributed by atoms with E-state index in [1.807, 2.05) is 0 Å². The number of rotatable bonds is 12. The second kappa shape index (κ2) is 11.2. The van der Waals surface area contributed by atoms with Crippen LogP contribution in [0.4, 0.5) is 0 Å². The molecule has 0 aromatic heterocycles. The molecule has 2 rings (SSSR count). The van der Waals surface area contributed by atoms with Gasteiger partial charge in [0.2, 0.25) is 0 Å². The first kappa shape index (κ1) is 18.9. The largest absolute Gasteiger partial charge is 0.378 e. The molecule has 134 valence electrons. The highest BCUT2D eigenvalue weighted by atomic mass is 16.5. The van der Waals surface area contributed by atoms with Gasteiger partial charge >= 0.3 is 0 Å². The summed E-state index contributed by atoms with van der Waals surface area (Å²) < 4.78 is 5.56. The first-order valence-corrected chi connectivity index (χ1v) is 10.2. The van der Waals surface area contributed by atoms with E-state index in [1.165, 1.54) is 57.8 Å². The summed E-state index contributed by atoms with van der Waals surface area (Å²) in [6.45, 7) is 3.85. The number of piperidine rings is 1. The van der Waals surface area contributed by atoms with Crippen LogP contribution in [0.5, 0.6) is 0 Å². The number of carbonyl (C=O) groups excluding carboxylic acids is 1. The van der Waals surface area contributed by atoms with E-state index in [4.69, 9.17) is 4.74 Å². The van der Waals surface area contributed by atoms with Gasteiger partial charge in [-0.3, -0.25) is 4.79 Å². The molecule has 0 aromatic rings. The van der Waals surface area contributed by atoms with E-state index in [1.54, 1.807) is 0 Å². The molecule has 3 heteroatoms. The maximum Gasteiger partial charge on any atom is 0.136 e. The molecule has 0 amide bonds. The van der Waals surface area contributed by atoms with Gasteiger partial charge in [-0.25, -0.2) is 0 Å². The minimum absolute atomic E-state index is 0.300. The van der Waals surface area contributed by atoms with Crippen molar-refractivity contribution in [1.29, 1.82) is 0 Å². The van der Waals surface area contributed by atoms with Crippen molar-refractivity contribution in [3.8, 4) is 0 Å². The Balaban J connectivity index is 1.44.